The first kappa shape index (κ1) is 12.1. The fourth-order valence-corrected chi connectivity index (χ4v) is 2.15. The number of nitrogens with two attached hydrogens (primary N) is 1. The van der Waals surface area contributed by atoms with Crippen LogP contribution in [-0.2, 0) is 13.1 Å². The number of rotatable bonds is 4. The molecule has 0 saturated heterocycles. The highest BCUT2D eigenvalue weighted by molar-refractivity contribution is 5.78. The van der Waals surface area contributed by atoms with Crippen molar-refractivity contribution in [1.82, 2.24) is 9.55 Å². The molecule has 3 heteroatoms. The smallest absolute Gasteiger partial charge is 0.123 e. The zero-order valence-electron chi connectivity index (χ0n) is 11.0. The quantitative estimate of drug-likeness (QED) is 0.879. The number of hydrogen-bond donors (Lipinski definition) is 1. The highest BCUT2D eigenvalue weighted by Gasteiger charge is 2.10. The third kappa shape index (κ3) is 2.20. The summed E-state index contributed by atoms with van der Waals surface area (Å²) in [5.41, 5.74) is 10.7. The Morgan fingerprint density at radius 2 is 1.94 bits per heavy atom. The van der Waals surface area contributed by atoms with E-state index in [0.29, 0.717) is 6.54 Å². The minimum Gasteiger partial charge on any atom is -0.327 e. The molecule has 3 nitrogen and oxygen atoms in total. The van der Waals surface area contributed by atoms with Gasteiger partial charge in [-0.1, -0.05) is 13.3 Å². The highest BCUT2D eigenvalue weighted by atomic mass is 15.1. The standard InChI is InChI=1S/C14H21N3/c1-4-5-6-17-13-8-11(3)10(2)7-12(13)16-14(17)9-15/h7-8H,4-6,9,15H2,1-3H3. The molecule has 1 heterocycles. The van der Waals surface area contributed by atoms with Crippen LogP contribution < -0.4 is 5.73 Å². The van der Waals surface area contributed by atoms with Crippen molar-refractivity contribution in [3.8, 4) is 0 Å². The average Bonchev–Trinajstić information content (AvgIpc) is 2.64. The summed E-state index contributed by atoms with van der Waals surface area (Å²) in [5, 5.41) is 0. The van der Waals surface area contributed by atoms with E-state index in [9.17, 15) is 0 Å². The Morgan fingerprint density at radius 1 is 1.24 bits per heavy atom. The van der Waals surface area contributed by atoms with Gasteiger partial charge in [0, 0.05) is 6.54 Å². The average molecular weight is 231 g/mol. The summed E-state index contributed by atoms with van der Waals surface area (Å²) in [6.45, 7) is 8.01. The molecule has 0 unspecified atom stereocenters. The Labute approximate surface area is 103 Å². The number of unbranched alkanes of at least 4 members (excludes halogenated alkanes) is 1. The summed E-state index contributed by atoms with van der Waals surface area (Å²) in [5.74, 6) is 0.999. The third-order valence-electron chi connectivity index (χ3n) is 3.36. The molecule has 2 N–H and O–H groups in total. The van der Waals surface area contributed by atoms with Crippen molar-refractivity contribution in [3.05, 3.63) is 29.1 Å². The van der Waals surface area contributed by atoms with E-state index in [4.69, 9.17) is 5.73 Å². The van der Waals surface area contributed by atoms with Crippen molar-refractivity contribution in [3.63, 3.8) is 0 Å². The molecular weight excluding hydrogens is 210 g/mol. The maximum Gasteiger partial charge on any atom is 0.123 e. The van der Waals surface area contributed by atoms with Crippen molar-refractivity contribution in [1.29, 1.82) is 0 Å². The lowest BCUT2D eigenvalue weighted by molar-refractivity contribution is 0.617. The monoisotopic (exact) mass is 231 g/mol. The molecule has 92 valence electrons. The van der Waals surface area contributed by atoms with Crippen LogP contribution in [0.5, 0.6) is 0 Å². The molecule has 2 rings (SSSR count). The molecule has 0 saturated carbocycles. The Bertz CT molecular complexity index is 526. The van der Waals surface area contributed by atoms with E-state index in [0.717, 1.165) is 17.9 Å². The normalized spacial score (nSPS) is 11.3. The maximum absolute atomic E-state index is 5.78. The van der Waals surface area contributed by atoms with E-state index in [1.54, 1.807) is 0 Å². The fourth-order valence-electron chi connectivity index (χ4n) is 2.15. The number of hydrogen-bond acceptors (Lipinski definition) is 2. The number of aromatic nitrogens is 2. The van der Waals surface area contributed by atoms with Gasteiger partial charge in [0.15, 0.2) is 0 Å². The number of benzene rings is 1. The van der Waals surface area contributed by atoms with Gasteiger partial charge in [-0.2, -0.15) is 0 Å². The molecule has 0 fully saturated rings. The van der Waals surface area contributed by atoms with Crippen molar-refractivity contribution in [2.75, 3.05) is 0 Å². The van der Waals surface area contributed by atoms with E-state index in [1.165, 1.54) is 29.5 Å². The van der Waals surface area contributed by atoms with Crippen LogP contribution in [-0.4, -0.2) is 9.55 Å². The summed E-state index contributed by atoms with van der Waals surface area (Å²) >= 11 is 0. The molecule has 0 atom stereocenters. The minimum atomic E-state index is 0.510. The SMILES string of the molecule is CCCCn1c(CN)nc2cc(C)c(C)cc21. The molecule has 1 aromatic heterocycles. The number of nitrogens with zero attached hydrogens (tertiary/aromatic N) is 2. The zero-order chi connectivity index (χ0) is 12.4. The maximum atomic E-state index is 5.78. The first-order chi connectivity index (χ1) is 8.17. The molecule has 0 aliphatic heterocycles. The van der Waals surface area contributed by atoms with Crippen LogP contribution >= 0.6 is 0 Å². The Morgan fingerprint density at radius 3 is 2.59 bits per heavy atom. The first-order valence-corrected chi connectivity index (χ1v) is 6.33. The largest absolute Gasteiger partial charge is 0.327 e. The summed E-state index contributed by atoms with van der Waals surface area (Å²) in [4.78, 5) is 4.62. The second-order valence-corrected chi connectivity index (χ2v) is 4.66. The second-order valence-electron chi connectivity index (χ2n) is 4.66. The van der Waals surface area contributed by atoms with Crippen molar-refractivity contribution in [2.24, 2.45) is 5.73 Å². The van der Waals surface area contributed by atoms with E-state index in [2.05, 4.69) is 42.5 Å². The minimum absolute atomic E-state index is 0.510. The van der Waals surface area contributed by atoms with Gasteiger partial charge in [-0.15, -0.1) is 0 Å². The molecule has 0 bridgehead atoms. The third-order valence-corrected chi connectivity index (χ3v) is 3.36. The van der Waals surface area contributed by atoms with Crippen LogP contribution in [0.15, 0.2) is 12.1 Å². The van der Waals surface area contributed by atoms with Gasteiger partial charge in [0.1, 0.15) is 5.82 Å². The van der Waals surface area contributed by atoms with E-state index < -0.39 is 0 Å². The molecule has 0 spiro atoms. The summed E-state index contributed by atoms with van der Waals surface area (Å²) < 4.78 is 2.27. The molecular formula is C14H21N3. The van der Waals surface area contributed by atoms with Crippen LogP contribution in [0.4, 0.5) is 0 Å². The zero-order valence-corrected chi connectivity index (χ0v) is 11.0. The number of aryl methyl sites for hydroxylation is 3. The molecule has 0 aliphatic rings. The lowest BCUT2D eigenvalue weighted by Crippen LogP contribution is -2.08. The number of fused-ring (bicyclic) bond motifs is 1. The second kappa shape index (κ2) is 4.88. The van der Waals surface area contributed by atoms with E-state index in [-0.39, 0.29) is 0 Å². The predicted octanol–water partition coefficient (Wildman–Crippen LogP) is 2.91. The number of imidazole rings is 1. The predicted molar refractivity (Wildman–Crippen MR) is 72.0 cm³/mol. The summed E-state index contributed by atoms with van der Waals surface area (Å²) in [6, 6.07) is 4.39. The van der Waals surface area contributed by atoms with Gasteiger partial charge in [-0.3, -0.25) is 0 Å². The molecule has 0 aliphatic carbocycles. The molecule has 0 amide bonds. The summed E-state index contributed by atoms with van der Waals surface area (Å²) in [7, 11) is 0. The van der Waals surface area contributed by atoms with Crippen LogP contribution in [0.25, 0.3) is 11.0 Å². The molecule has 0 radical (unpaired) electrons. The molecule has 2 aromatic rings. The Kier molecular flexibility index (Phi) is 3.48. The lowest BCUT2D eigenvalue weighted by atomic mass is 10.1. The van der Waals surface area contributed by atoms with Gasteiger partial charge in [0.05, 0.1) is 17.6 Å². The van der Waals surface area contributed by atoms with E-state index in [1.807, 2.05) is 0 Å². The van der Waals surface area contributed by atoms with Gasteiger partial charge in [0.2, 0.25) is 0 Å². The highest BCUT2D eigenvalue weighted by Crippen LogP contribution is 2.21. The Balaban J connectivity index is 2.57. The van der Waals surface area contributed by atoms with Gasteiger partial charge in [-0.25, -0.2) is 4.98 Å². The van der Waals surface area contributed by atoms with Crippen LogP contribution in [0.1, 0.15) is 36.7 Å². The fraction of sp³-hybridized carbons (Fsp3) is 0.500. The topological polar surface area (TPSA) is 43.8 Å². The Hall–Kier alpha value is -1.35. The van der Waals surface area contributed by atoms with Crippen LogP contribution in [0, 0.1) is 13.8 Å². The van der Waals surface area contributed by atoms with Crippen molar-refractivity contribution >= 4 is 11.0 Å². The lowest BCUT2D eigenvalue weighted by Gasteiger charge is -2.07. The van der Waals surface area contributed by atoms with Gasteiger partial charge >= 0.3 is 0 Å². The van der Waals surface area contributed by atoms with E-state index >= 15 is 0 Å². The molecule has 1 aromatic carbocycles. The van der Waals surface area contributed by atoms with Gasteiger partial charge in [-0.05, 0) is 43.5 Å². The molecule has 17 heavy (non-hydrogen) atoms. The van der Waals surface area contributed by atoms with Crippen molar-refractivity contribution < 1.29 is 0 Å². The summed E-state index contributed by atoms with van der Waals surface area (Å²) in [6.07, 6.45) is 2.36. The van der Waals surface area contributed by atoms with Crippen LogP contribution in [0.2, 0.25) is 0 Å². The first-order valence-electron chi connectivity index (χ1n) is 6.33. The van der Waals surface area contributed by atoms with Gasteiger partial charge in [0.25, 0.3) is 0 Å². The van der Waals surface area contributed by atoms with Gasteiger partial charge < -0.3 is 10.3 Å². The van der Waals surface area contributed by atoms with Crippen molar-refractivity contribution in [2.45, 2.75) is 46.7 Å². The van der Waals surface area contributed by atoms with Crippen LogP contribution in [0.3, 0.4) is 0 Å².